The third-order valence-electron chi connectivity index (χ3n) is 8.47. The SMILES string of the molecule is c1cc(-c2ccc(-c3nc4ccccc4c4c5ccccc5c5ccccc5c34)cc2)cc(-c2nc3ccccc3s2)c1. The van der Waals surface area contributed by atoms with Crippen LogP contribution in [0.5, 0.6) is 0 Å². The molecule has 0 bridgehead atoms. The van der Waals surface area contributed by atoms with Gasteiger partial charge in [0.05, 0.1) is 21.4 Å². The van der Waals surface area contributed by atoms with Crippen molar-refractivity contribution in [2.24, 2.45) is 0 Å². The van der Waals surface area contributed by atoms with Crippen LogP contribution in [0.1, 0.15) is 0 Å². The smallest absolute Gasteiger partial charge is 0.124 e. The number of hydrogen-bond acceptors (Lipinski definition) is 3. The molecule has 0 fully saturated rings. The highest BCUT2D eigenvalue weighted by Gasteiger charge is 2.17. The fraction of sp³-hybridized carbons (Fsp3) is 0. The van der Waals surface area contributed by atoms with Gasteiger partial charge in [-0.15, -0.1) is 11.3 Å². The summed E-state index contributed by atoms with van der Waals surface area (Å²) in [5.41, 5.74) is 7.69. The van der Waals surface area contributed by atoms with E-state index in [0.29, 0.717) is 0 Å². The molecule has 0 saturated heterocycles. The lowest BCUT2D eigenvalue weighted by Crippen LogP contribution is -1.93. The first kappa shape index (κ1) is 24.2. The highest BCUT2D eigenvalue weighted by molar-refractivity contribution is 7.21. The summed E-state index contributed by atoms with van der Waals surface area (Å²) in [6.07, 6.45) is 0. The molecule has 7 aromatic carbocycles. The molecule has 9 rings (SSSR count). The van der Waals surface area contributed by atoms with Crippen molar-refractivity contribution in [3.8, 4) is 33.0 Å². The Bertz CT molecular complexity index is 2470. The predicted octanol–water partition coefficient (Wildman–Crippen LogP) is 11.3. The van der Waals surface area contributed by atoms with Gasteiger partial charge in [-0.05, 0) is 56.9 Å². The first-order valence-corrected chi connectivity index (χ1v) is 15.3. The van der Waals surface area contributed by atoms with Crippen LogP contribution in [0.4, 0.5) is 0 Å². The number of benzene rings is 7. The van der Waals surface area contributed by atoms with Gasteiger partial charge in [0.2, 0.25) is 0 Å². The molecule has 0 radical (unpaired) electrons. The van der Waals surface area contributed by atoms with E-state index in [-0.39, 0.29) is 0 Å². The van der Waals surface area contributed by atoms with E-state index in [1.165, 1.54) is 53.5 Å². The van der Waals surface area contributed by atoms with E-state index in [0.717, 1.165) is 32.9 Å². The lowest BCUT2D eigenvalue weighted by atomic mass is 9.89. The third-order valence-corrected chi connectivity index (χ3v) is 9.56. The molecule has 0 saturated carbocycles. The quantitative estimate of drug-likeness (QED) is 0.199. The Labute approximate surface area is 252 Å². The van der Waals surface area contributed by atoms with Gasteiger partial charge in [0.1, 0.15) is 5.01 Å². The van der Waals surface area contributed by atoms with Gasteiger partial charge in [-0.2, -0.15) is 0 Å². The van der Waals surface area contributed by atoms with E-state index in [2.05, 4.69) is 140 Å². The largest absolute Gasteiger partial charge is 0.247 e. The van der Waals surface area contributed by atoms with Gasteiger partial charge in [-0.1, -0.05) is 121 Å². The van der Waals surface area contributed by atoms with Crippen LogP contribution < -0.4 is 0 Å². The zero-order valence-corrected chi connectivity index (χ0v) is 24.0. The summed E-state index contributed by atoms with van der Waals surface area (Å²) in [4.78, 5) is 10.2. The number of hydrogen-bond donors (Lipinski definition) is 0. The third kappa shape index (κ3) is 3.86. The minimum absolute atomic E-state index is 1.01. The maximum absolute atomic E-state index is 5.30. The summed E-state index contributed by atoms with van der Waals surface area (Å²) in [7, 11) is 0. The van der Waals surface area contributed by atoms with E-state index in [1.54, 1.807) is 11.3 Å². The van der Waals surface area contributed by atoms with Crippen molar-refractivity contribution in [2.45, 2.75) is 0 Å². The Morgan fingerprint density at radius 2 is 0.953 bits per heavy atom. The Balaban J connectivity index is 1.23. The Morgan fingerprint density at radius 3 is 1.70 bits per heavy atom. The molecule has 0 aliphatic heterocycles. The number of fused-ring (bicyclic) bond motifs is 9. The van der Waals surface area contributed by atoms with Gasteiger partial charge in [0, 0.05) is 27.3 Å². The predicted molar refractivity (Wildman–Crippen MR) is 184 cm³/mol. The van der Waals surface area contributed by atoms with Crippen LogP contribution in [0.3, 0.4) is 0 Å². The van der Waals surface area contributed by atoms with Gasteiger partial charge in [0.15, 0.2) is 0 Å². The summed E-state index contributed by atoms with van der Waals surface area (Å²) in [5.74, 6) is 0. The molecule has 0 spiro atoms. The van der Waals surface area contributed by atoms with E-state index < -0.39 is 0 Å². The topological polar surface area (TPSA) is 25.8 Å². The first-order chi connectivity index (χ1) is 21.3. The molecule has 2 heterocycles. The molecule has 0 aliphatic rings. The normalized spacial score (nSPS) is 11.7. The highest BCUT2D eigenvalue weighted by atomic mass is 32.1. The minimum Gasteiger partial charge on any atom is -0.247 e. The fourth-order valence-corrected chi connectivity index (χ4v) is 7.44. The lowest BCUT2D eigenvalue weighted by molar-refractivity contribution is 1.43. The van der Waals surface area contributed by atoms with Crippen LogP contribution in [0.15, 0.2) is 146 Å². The Kier molecular flexibility index (Phi) is 5.40. The van der Waals surface area contributed by atoms with Crippen molar-refractivity contribution in [1.82, 2.24) is 9.97 Å². The summed E-state index contributed by atoms with van der Waals surface area (Å²) < 4.78 is 1.21. The first-order valence-electron chi connectivity index (χ1n) is 14.5. The Hall–Kier alpha value is -5.38. The molecule has 0 N–H and O–H groups in total. The van der Waals surface area contributed by atoms with Gasteiger partial charge in [0.25, 0.3) is 0 Å². The number of para-hydroxylation sites is 2. The summed E-state index contributed by atoms with van der Waals surface area (Å²) in [6, 6.07) is 51.9. The molecular formula is C40H24N2S. The van der Waals surface area contributed by atoms with Crippen LogP contribution in [0.25, 0.3) is 86.4 Å². The minimum atomic E-state index is 1.01. The molecule has 2 nitrogen and oxygen atoms in total. The number of pyridine rings is 1. The van der Waals surface area contributed by atoms with Crippen molar-refractivity contribution in [3.05, 3.63) is 146 Å². The van der Waals surface area contributed by atoms with Gasteiger partial charge in [-0.3, -0.25) is 0 Å². The second-order valence-electron chi connectivity index (χ2n) is 11.0. The maximum Gasteiger partial charge on any atom is 0.124 e. The van der Waals surface area contributed by atoms with Crippen molar-refractivity contribution in [2.75, 3.05) is 0 Å². The number of aromatic nitrogens is 2. The molecule has 3 heteroatoms. The van der Waals surface area contributed by atoms with Crippen molar-refractivity contribution >= 4 is 64.8 Å². The molecule has 9 aromatic rings. The monoisotopic (exact) mass is 564 g/mol. The van der Waals surface area contributed by atoms with Crippen LogP contribution in [-0.2, 0) is 0 Å². The van der Waals surface area contributed by atoms with Gasteiger partial charge >= 0.3 is 0 Å². The molecular weight excluding hydrogens is 541 g/mol. The van der Waals surface area contributed by atoms with Crippen molar-refractivity contribution in [3.63, 3.8) is 0 Å². The zero-order valence-electron chi connectivity index (χ0n) is 23.2. The number of thiazole rings is 1. The number of rotatable bonds is 3. The van der Waals surface area contributed by atoms with Crippen molar-refractivity contribution in [1.29, 1.82) is 0 Å². The van der Waals surface area contributed by atoms with Gasteiger partial charge < -0.3 is 0 Å². The second-order valence-corrected chi connectivity index (χ2v) is 12.0. The van der Waals surface area contributed by atoms with E-state index in [1.807, 2.05) is 6.07 Å². The molecule has 0 atom stereocenters. The van der Waals surface area contributed by atoms with E-state index in [4.69, 9.17) is 9.97 Å². The molecule has 43 heavy (non-hydrogen) atoms. The van der Waals surface area contributed by atoms with Crippen LogP contribution in [0.2, 0.25) is 0 Å². The average molecular weight is 565 g/mol. The average Bonchev–Trinajstić information content (AvgIpc) is 3.53. The molecule has 0 unspecified atom stereocenters. The summed E-state index contributed by atoms with van der Waals surface area (Å²) in [6.45, 7) is 0. The summed E-state index contributed by atoms with van der Waals surface area (Å²) in [5, 5.41) is 9.73. The highest BCUT2D eigenvalue weighted by Crippen LogP contribution is 2.43. The molecule has 0 amide bonds. The van der Waals surface area contributed by atoms with Crippen LogP contribution in [-0.4, -0.2) is 9.97 Å². The standard InChI is InChI=1S/C40H24N2S/c1-3-14-31-29(12-1)30-13-2-4-15-32(30)38-37(31)33-16-5-6-17-34(33)41-39(38)26-22-20-25(21-23-26)27-10-9-11-28(24-27)40-42-35-18-7-8-19-36(35)43-40/h1-24H. The fourth-order valence-electron chi connectivity index (χ4n) is 6.48. The van der Waals surface area contributed by atoms with E-state index >= 15 is 0 Å². The zero-order chi connectivity index (χ0) is 28.3. The molecule has 200 valence electrons. The van der Waals surface area contributed by atoms with Crippen molar-refractivity contribution < 1.29 is 0 Å². The van der Waals surface area contributed by atoms with Crippen LogP contribution >= 0.6 is 11.3 Å². The molecule has 2 aromatic heterocycles. The summed E-state index contributed by atoms with van der Waals surface area (Å²) >= 11 is 1.74. The maximum atomic E-state index is 5.30. The second kappa shape index (κ2) is 9.59. The van der Waals surface area contributed by atoms with E-state index in [9.17, 15) is 0 Å². The Morgan fingerprint density at radius 1 is 0.372 bits per heavy atom. The lowest BCUT2D eigenvalue weighted by Gasteiger charge is -2.16. The number of nitrogens with zero attached hydrogens (tertiary/aromatic N) is 2. The molecule has 0 aliphatic carbocycles. The van der Waals surface area contributed by atoms with Crippen LogP contribution in [0, 0.1) is 0 Å². The van der Waals surface area contributed by atoms with Gasteiger partial charge in [-0.25, -0.2) is 9.97 Å².